The first-order valence-corrected chi connectivity index (χ1v) is 4.15. The summed E-state index contributed by atoms with van der Waals surface area (Å²) in [5.74, 6) is -1.45. The van der Waals surface area contributed by atoms with Gasteiger partial charge in [-0.05, 0) is 6.92 Å². The number of carbonyl (C=O) groups is 2. The highest BCUT2D eigenvalue weighted by molar-refractivity contribution is 8.00. The van der Waals surface area contributed by atoms with E-state index in [0.29, 0.717) is 5.75 Å². The lowest BCUT2D eigenvalue weighted by Crippen LogP contribution is -2.12. The lowest BCUT2D eigenvalue weighted by molar-refractivity contribution is -0.137. The molecular weight excluding hydrogens is 168 g/mol. The van der Waals surface area contributed by atoms with Gasteiger partial charge in [0.1, 0.15) is 0 Å². The van der Waals surface area contributed by atoms with E-state index in [4.69, 9.17) is 10.2 Å². The molecule has 0 aromatic heterocycles. The van der Waals surface area contributed by atoms with E-state index in [2.05, 4.69) is 0 Å². The molecule has 0 fully saturated rings. The van der Waals surface area contributed by atoms with Gasteiger partial charge in [-0.15, -0.1) is 11.8 Å². The number of hydrogen-bond donors (Lipinski definition) is 2. The third-order valence-corrected chi connectivity index (χ3v) is 2.17. The van der Waals surface area contributed by atoms with Crippen LogP contribution in [0.2, 0.25) is 0 Å². The van der Waals surface area contributed by atoms with Gasteiger partial charge in [0.15, 0.2) is 0 Å². The highest BCUT2D eigenvalue weighted by atomic mass is 32.2. The van der Waals surface area contributed by atoms with Crippen LogP contribution in [-0.4, -0.2) is 33.2 Å². The van der Waals surface area contributed by atoms with Crippen molar-refractivity contribution in [2.24, 2.45) is 0 Å². The van der Waals surface area contributed by atoms with E-state index in [0.717, 1.165) is 11.8 Å². The van der Waals surface area contributed by atoms with E-state index in [1.807, 2.05) is 0 Å². The average Bonchev–Trinajstić information content (AvgIpc) is 1.86. The molecule has 11 heavy (non-hydrogen) atoms. The van der Waals surface area contributed by atoms with Crippen molar-refractivity contribution in [3.8, 4) is 0 Å². The van der Waals surface area contributed by atoms with Gasteiger partial charge < -0.3 is 10.2 Å². The molecule has 0 heterocycles. The van der Waals surface area contributed by atoms with Gasteiger partial charge in [0, 0.05) is 5.75 Å². The van der Waals surface area contributed by atoms with Crippen LogP contribution in [0, 0.1) is 0 Å². The van der Waals surface area contributed by atoms with Crippen LogP contribution in [0.4, 0.5) is 0 Å². The summed E-state index contributed by atoms with van der Waals surface area (Å²) in [5, 5.41) is 16.1. The van der Waals surface area contributed by atoms with Gasteiger partial charge in [-0.2, -0.15) is 0 Å². The number of carboxylic acids is 2. The molecule has 0 aromatic carbocycles. The second kappa shape index (κ2) is 5.01. The summed E-state index contributed by atoms with van der Waals surface area (Å²) >= 11 is 1.13. The first kappa shape index (κ1) is 10.3. The molecule has 0 saturated heterocycles. The third-order valence-electron chi connectivity index (χ3n) is 1.03. The molecule has 2 N–H and O–H groups in total. The van der Waals surface area contributed by atoms with Crippen LogP contribution in [0.3, 0.4) is 0 Å². The van der Waals surface area contributed by atoms with E-state index < -0.39 is 17.2 Å². The zero-order chi connectivity index (χ0) is 8.85. The van der Waals surface area contributed by atoms with E-state index in [9.17, 15) is 9.59 Å². The van der Waals surface area contributed by atoms with Crippen LogP contribution < -0.4 is 0 Å². The Hall–Kier alpha value is -0.710. The van der Waals surface area contributed by atoms with Crippen molar-refractivity contribution in [1.82, 2.24) is 0 Å². The number of thioether (sulfide) groups is 1. The lowest BCUT2D eigenvalue weighted by atomic mass is 10.5. The first-order valence-electron chi connectivity index (χ1n) is 3.10. The topological polar surface area (TPSA) is 74.6 Å². The molecule has 0 unspecified atom stereocenters. The first-order chi connectivity index (χ1) is 5.04. The number of hydrogen-bond acceptors (Lipinski definition) is 3. The van der Waals surface area contributed by atoms with Gasteiger partial charge in [0.05, 0.1) is 11.7 Å². The molecule has 0 aromatic rings. The van der Waals surface area contributed by atoms with Crippen molar-refractivity contribution in [2.75, 3.05) is 5.75 Å². The molecule has 0 spiro atoms. The fraction of sp³-hybridized carbons (Fsp3) is 0.667. The minimum atomic E-state index is -0.902. The molecule has 0 amide bonds. The molecule has 0 aliphatic heterocycles. The Balaban J connectivity index is 3.39. The Morgan fingerprint density at radius 3 is 2.36 bits per heavy atom. The predicted molar refractivity (Wildman–Crippen MR) is 41.8 cm³/mol. The van der Waals surface area contributed by atoms with E-state index >= 15 is 0 Å². The van der Waals surface area contributed by atoms with Crippen LogP contribution in [0.25, 0.3) is 0 Å². The Bertz CT molecular complexity index is 157. The second-order valence-electron chi connectivity index (χ2n) is 1.99. The lowest BCUT2D eigenvalue weighted by Gasteiger charge is -2.02. The number of carboxylic acid groups (broad SMARTS) is 2. The van der Waals surface area contributed by atoms with Crippen LogP contribution in [0.5, 0.6) is 0 Å². The van der Waals surface area contributed by atoms with Gasteiger partial charge in [0.2, 0.25) is 0 Å². The minimum Gasteiger partial charge on any atom is -0.481 e. The molecule has 0 rings (SSSR count). The molecule has 0 saturated carbocycles. The molecule has 5 heteroatoms. The Labute approximate surface area is 68.6 Å². The van der Waals surface area contributed by atoms with Crippen LogP contribution >= 0.6 is 11.8 Å². The largest absolute Gasteiger partial charge is 0.481 e. The van der Waals surface area contributed by atoms with Gasteiger partial charge in [0.25, 0.3) is 0 Å². The van der Waals surface area contributed by atoms with Crippen molar-refractivity contribution >= 4 is 23.7 Å². The third kappa shape index (κ3) is 5.72. The van der Waals surface area contributed by atoms with E-state index in [1.54, 1.807) is 0 Å². The summed E-state index contributed by atoms with van der Waals surface area (Å²) in [6.45, 7) is 1.54. The quantitative estimate of drug-likeness (QED) is 0.647. The minimum absolute atomic E-state index is 0.0162. The molecule has 64 valence electrons. The monoisotopic (exact) mass is 178 g/mol. The highest BCUT2D eigenvalue weighted by Gasteiger charge is 2.10. The molecule has 1 atom stereocenters. The Morgan fingerprint density at radius 2 is 2.00 bits per heavy atom. The van der Waals surface area contributed by atoms with E-state index in [1.165, 1.54) is 6.92 Å². The maximum absolute atomic E-state index is 10.2. The fourth-order valence-electron chi connectivity index (χ4n) is 0.394. The molecule has 0 radical (unpaired) electrons. The molecule has 0 aliphatic carbocycles. The maximum Gasteiger partial charge on any atom is 0.316 e. The van der Waals surface area contributed by atoms with Crippen molar-refractivity contribution in [3.05, 3.63) is 0 Å². The van der Waals surface area contributed by atoms with Crippen molar-refractivity contribution < 1.29 is 19.8 Å². The summed E-state index contributed by atoms with van der Waals surface area (Å²) in [6.07, 6.45) is 0.0162. The van der Waals surface area contributed by atoms with Gasteiger partial charge >= 0.3 is 11.9 Å². The molecule has 4 nitrogen and oxygen atoms in total. The summed E-state index contributed by atoms with van der Waals surface area (Å²) in [5.41, 5.74) is 0. The summed E-state index contributed by atoms with van der Waals surface area (Å²) in [4.78, 5) is 20.2. The molecule has 0 bridgehead atoms. The van der Waals surface area contributed by atoms with Gasteiger partial charge in [-0.1, -0.05) is 0 Å². The highest BCUT2D eigenvalue weighted by Crippen LogP contribution is 2.11. The Kier molecular flexibility index (Phi) is 4.69. The SMILES string of the molecule is C[C@H](SCCC(=O)O)C(=O)O. The fourth-order valence-corrected chi connectivity index (χ4v) is 1.18. The average molecular weight is 178 g/mol. The molecule has 0 aliphatic rings. The number of rotatable bonds is 5. The second-order valence-corrected chi connectivity index (χ2v) is 3.44. The smallest absolute Gasteiger partial charge is 0.316 e. The van der Waals surface area contributed by atoms with Crippen LogP contribution in [-0.2, 0) is 9.59 Å². The van der Waals surface area contributed by atoms with E-state index in [-0.39, 0.29) is 6.42 Å². The zero-order valence-electron chi connectivity index (χ0n) is 6.11. The zero-order valence-corrected chi connectivity index (χ0v) is 6.93. The van der Waals surface area contributed by atoms with Crippen molar-refractivity contribution in [2.45, 2.75) is 18.6 Å². The summed E-state index contributed by atoms with van der Waals surface area (Å²) in [6, 6.07) is 0. The standard InChI is InChI=1S/C6H10O4S/c1-4(6(9)10)11-3-2-5(7)8/h4H,2-3H2,1H3,(H,7,8)(H,9,10)/t4-/m0/s1. The normalized spacial score (nSPS) is 12.5. The van der Waals surface area contributed by atoms with Crippen molar-refractivity contribution in [1.29, 1.82) is 0 Å². The van der Waals surface area contributed by atoms with Gasteiger partial charge in [-0.3, -0.25) is 9.59 Å². The molecular formula is C6H10O4S. The van der Waals surface area contributed by atoms with Crippen LogP contribution in [0.15, 0.2) is 0 Å². The van der Waals surface area contributed by atoms with Gasteiger partial charge in [-0.25, -0.2) is 0 Å². The van der Waals surface area contributed by atoms with Crippen molar-refractivity contribution in [3.63, 3.8) is 0 Å². The van der Waals surface area contributed by atoms with Crippen LogP contribution in [0.1, 0.15) is 13.3 Å². The number of aliphatic carboxylic acids is 2. The summed E-state index contributed by atoms with van der Waals surface area (Å²) in [7, 11) is 0. The Morgan fingerprint density at radius 1 is 1.45 bits per heavy atom. The maximum atomic E-state index is 10.2. The predicted octanol–water partition coefficient (Wildman–Crippen LogP) is 0.667. The summed E-state index contributed by atoms with van der Waals surface area (Å²) < 4.78 is 0.